The number of nitrogens with zero attached hydrogens (tertiary/aromatic N) is 3. The minimum absolute atomic E-state index is 0.0798. The second-order valence-corrected chi connectivity index (χ2v) is 5.39. The number of aromatic nitrogens is 2. The maximum absolute atomic E-state index is 10.9. The van der Waals surface area contributed by atoms with Gasteiger partial charge in [0.1, 0.15) is 0 Å². The third-order valence-corrected chi connectivity index (χ3v) is 4.03. The van der Waals surface area contributed by atoms with Crippen LogP contribution in [0.4, 0.5) is 11.6 Å². The van der Waals surface area contributed by atoms with E-state index < -0.39 is 4.92 Å². The Morgan fingerprint density at radius 1 is 1.44 bits per heavy atom. The smallest absolute Gasteiger partial charge is 0.362 e. The maximum Gasteiger partial charge on any atom is 0.406 e. The van der Waals surface area contributed by atoms with Crippen LogP contribution in [0.25, 0.3) is 0 Å². The van der Waals surface area contributed by atoms with E-state index in [4.69, 9.17) is 0 Å². The second kappa shape index (κ2) is 4.96. The zero-order chi connectivity index (χ0) is 13.3. The van der Waals surface area contributed by atoms with Crippen molar-refractivity contribution in [3.05, 3.63) is 16.4 Å². The highest BCUT2D eigenvalue weighted by Gasteiger charge is 2.28. The zero-order valence-corrected chi connectivity index (χ0v) is 11.1. The molecule has 1 heterocycles. The molecule has 1 N–H and O–H groups in total. The van der Waals surface area contributed by atoms with Crippen LogP contribution in [0.5, 0.6) is 0 Å². The van der Waals surface area contributed by atoms with Crippen molar-refractivity contribution in [3.8, 4) is 0 Å². The Bertz CT molecular complexity index is 443. The lowest BCUT2D eigenvalue weighted by molar-refractivity contribution is -0.388. The number of aryl methyl sites for hydroxylation is 1. The molecular weight excluding hydrogens is 232 g/mol. The predicted octanol–water partition coefficient (Wildman–Crippen LogP) is 2.56. The predicted molar refractivity (Wildman–Crippen MR) is 69.5 cm³/mol. The minimum Gasteiger partial charge on any atom is -0.362 e. The van der Waals surface area contributed by atoms with Crippen LogP contribution >= 0.6 is 0 Å². The van der Waals surface area contributed by atoms with Crippen LogP contribution in [0, 0.1) is 22.0 Å². The largest absolute Gasteiger partial charge is 0.406 e. The molecule has 1 aromatic rings. The molecule has 18 heavy (non-hydrogen) atoms. The molecule has 1 saturated carbocycles. The van der Waals surface area contributed by atoms with Gasteiger partial charge in [-0.3, -0.25) is 4.57 Å². The lowest BCUT2D eigenvalue weighted by Crippen LogP contribution is -2.31. The summed E-state index contributed by atoms with van der Waals surface area (Å²) in [6.45, 7) is 4.52. The van der Waals surface area contributed by atoms with E-state index >= 15 is 0 Å². The quantitative estimate of drug-likeness (QED) is 0.662. The number of hydrogen-bond donors (Lipinski definition) is 1. The second-order valence-electron chi connectivity index (χ2n) is 5.39. The first-order valence-corrected chi connectivity index (χ1v) is 6.41. The molecule has 3 unspecified atom stereocenters. The molecule has 1 aromatic heterocycles. The van der Waals surface area contributed by atoms with Crippen LogP contribution in [0.15, 0.2) is 6.33 Å². The Morgan fingerprint density at radius 3 is 2.78 bits per heavy atom. The Kier molecular flexibility index (Phi) is 3.54. The van der Waals surface area contributed by atoms with Crippen LogP contribution in [0.1, 0.15) is 33.1 Å². The maximum atomic E-state index is 10.9. The van der Waals surface area contributed by atoms with Gasteiger partial charge in [0, 0.05) is 13.1 Å². The molecule has 100 valence electrons. The molecule has 0 bridgehead atoms. The summed E-state index contributed by atoms with van der Waals surface area (Å²) in [5.41, 5.74) is 0. The molecule has 0 spiro atoms. The molecule has 0 amide bonds. The van der Waals surface area contributed by atoms with Crippen molar-refractivity contribution in [1.82, 2.24) is 9.55 Å². The number of hydrogen-bond acceptors (Lipinski definition) is 4. The van der Waals surface area contributed by atoms with Crippen LogP contribution in [-0.4, -0.2) is 20.5 Å². The first-order valence-electron chi connectivity index (χ1n) is 6.41. The van der Waals surface area contributed by atoms with Crippen LogP contribution in [0.2, 0.25) is 0 Å². The van der Waals surface area contributed by atoms with Gasteiger partial charge >= 0.3 is 5.82 Å². The Labute approximate surface area is 107 Å². The molecular formula is C12H20N4O2. The molecule has 1 fully saturated rings. The SMILES string of the molecule is CC1CCC(Nc2c([N+](=O)[O-])ncn2C)CC1C. The molecule has 6 heteroatoms. The average molecular weight is 252 g/mol. The van der Waals surface area contributed by atoms with Crippen molar-refractivity contribution in [2.75, 3.05) is 5.32 Å². The topological polar surface area (TPSA) is 73.0 Å². The standard InChI is InChI=1S/C12H20N4O2/c1-8-4-5-10(6-9(8)2)14-12-11(16(17)18)13-7-15(12)3/h7-10,14H,4-6H2,1-3H3. The molecule has 0 saturated heterocycles. The van der Waals surface area contributed by atoms with Gasteiger partial charge in [-0.1, -0.05) is 13.8 Å². The summed E-state index contributed by atoms with van der Waals surface area (Å²) in [5, 5.41) is 14.2. The van der Waals surface area contributed by atoms with Crippen molar-refractivity contribution in [2.24, 2.45) is 18.9 Å². The van der Waals surface area contributed by atoms with E-state index in [1.54, 1.807) is 11.6 Å². The molecule has 3 atom stereocenters. The van der Waals surface area contributed by atoms with E-state index in [-0.39, 0.29) is 5.82 Å². The summed E-state index contributed by atoms with van der Waals surface area (Å²) in [5.74, 6) is 1.84. The summed E-state index contributed by atoms with van der Waals surface area (Å²) in [6.07, 6.45) is 4.77. The summed E-state index contributed by atoms with van der Waals surface area (Å²) >= 11 is 0. The summed E-state index contributed by atoms with van der Waals surface area (Å²) in [7, 11) is 1.78. The molecule has 1 aliphatic carbocycles. The first kappa shape index (κ1) is 12.9. The van der Waals surface area contributed by atoms with Gasteiger partial charge in [-0.25, -0.2) is 0 Å². The minimum atomic E-state index is -0.433. The summed E-state index contributed by atoms with van der Waals surface area (Å²) < 4.78 is 1.68. The third-order valence-electron chi connectivity index (χ3n) is 4.03. The van der Waals surface area contributed by atoms with Crippen molar-refractivity contribution in [2.45, 2.75) is 39.2 Å². The fourth-order valence-electron chi connectivity index (χ4n) is 2.59. The number of nitro groups is 1. The van der Waals surface area contributed by atoms with Gasteiger partial charge in [0.25, 0.3) is 0 Å². The van der Waals surface area contributed by atoms with Crippen LogP contribution in [0.3, 0.4) is 0 Å². The Morgan fingerprint density at radius 2 is 2.17 bits per heavy atom. The molecule has 6 nitrogen and oxygen atoms in total. The van der Waals surface area contributed by atoms with E-state index in [2.05, 4.69) is 24.1 Å². The van der Waals surface area contributed by atoms with Crippen molar-refractivity contribution in [3.63, 3.8) is 0 Å². The lowest BCUT2D eigenvalue weighted by atomic mass is 9.79. The van der Waals surface area contributed by atoms with E-state index in [9.17, 15) is 10.1 Å². The normalized spacial score (nSPS) is 28.1. The molecule has 0 aromatic carbocycles. The van der Waals surface area contributed by atoms with E-state index in [0.29, 0.717) is 17.8 Å². The van der Waals surface area contributed by atoms with Gasteiger partial charge in [0.05, 0.1) is 0 Å². The molecule has 0 aliphatic heterocycles. The highest BCUT2D eigenvalue weighted by atomic mass is 16.6. The monoisotopic (exact) mass is 252 g/mol. The van der Waals surface area contributed by atoms with Gasteiger partial charge in [0.2, 0.25) is 12.1 Å². The highest BCUT2D eigenvalue weighted by Crippen LogP contribution is 2.32. The highest BCUT2D eigenvalue weighted by molar-refractivity contribution is 5.52. The van der Waals surface area contributed by atoms with Gasteiger partial charge in [0.15, 0.2) is 0 Å². The summed E-state index contributed by atoms with van der Waals surface area (Å²) in [4.78, 5) is 14.3. The molecule has 0 radical (unpaired) electrons. The van der Waals surface area contributed by atoms with E-state index in [0.717, 1.165) is 18.8 Å². The Hall–Kier alpha value is -1.59. The van der Waals surface area contributed by atoms with Gasteiger partial charge in [-0.2, -0.15) is 0 Å². The van der Waals surface area contributed by atoms with Crippen molar-refractivity contribution >= 4 is 11.6 Å². The Balaban J connectivity index is 2.10. The lowest BCUT2D eigenvalue weighted by Gasteiger charge is -2.32. The number of rotatable bonds is 3. The molecule has 1 aliphatic rings. The average Bonchev–Trinajstić information content (AvgIpc) is 2.66. The fraction of sp³-hybridized carbons (Fsp3) is 0.750. The van der Waals surface area contributed by atoms with E-state index in [1.807, 2.05) is 0 Å². The van der Waals surface area contributed by atoms with Crippen LogP contribution < -0.4 is 5.32 Å². The zero-order valence-electron chi connectivity index (χ0n) is 11.1. The number of anilines is 1. The number of nitrogens with one attached hydrogen (secondary N) is 1. The van der Waals surface area contributed by atoms with Gasteiger partial charge in [-0.15, -0.1) is 0 Å². The van der Waals surface area contributed by atoms with Gasteiger partial charge < -0.3 is 15.4 Å². The first-order chi connectivity index (χ1) is 8.49. The van der Waals surface area contributed by atoms with Gasteiger partial charge in [-0.05, 0) is 41.0 Å². The van der Waals surface area contributed by atoms with E-state index in [1.165, 1.54) is 12.7 Å². The van der Waals surface area contributed by atoms with Crippen LogP contribution in [-0.2, 0) is 7.05 Å². The summed E-state index contributed by atoms with van der Waals surface area (Å²) in [6, 6.07) is 0.310. The van der Waals surface area contributed by atoms with Crippen molar-refractivity contribution in [1.29, 1.82) is 0 Å². The molecule has 2 rings (SSSR count). The third kappa shape index (κ3) is 2.47. The van der Waals surface area contributed by atoms with Crippen molar-refractivity contribution < 1.29 is 4.92 Å². The number of imidazole rings is 1. The fourth-order valence-corrected chi connectivity index (χ4v) is 2.59.